The van der Waals surface area contributed by atoms with Crippen LogP contribution < -0.4 is 10.2 Å². The van der Waals surface area contributed by atoms with Crippen molar-refractivity contribution < 1.29 is 14.4 Å². The van der Waals surface area contributed by atoms with Gasteiger partial charge in [-0.2, -0.15) is 0 Å². The van der Waals surface area contributed by atoms with Gasteiger partial charge >= 0.3 is 0 Å². The van der Waals surface area contributed by atoms with Crippen LogP contribution in [-0.4, -0.2) is 41.8 Å². The van der Waals surface area contributed by atoms with E-state index in [0.29, 0.717) is 6.04 Å². The Morgan fingerprint density at radius 3 is 2.18 bits per heavy atom. The van der Waals surface area contributed by atoms with Crippen LogP contribution in [0.3, 0.4) is 0 Å². The minimum absolute atomic E-state index is 0.0832. The van der Waals surface area contributed by atoms with Crippen molar-refractivity contribution in [1.29, 1.82) is 0 Å². The van der Waals surface area contributed by atoms with Crippen molar-refractivity contribution in [3.63, 3.8) is 0 Å². The number of amides is 3. The number of nitrogens with one attached hydrogen (secondary N) is 1. The molecule has 1 N–H and O–H groups in total. The average molecular weight is 386 g/mol. The molecule has 1 saturated heterocycles. The lowest BCUT2D eigenvalue weighted by Gasteiger charge is -2.27. The number of imide groups is 1. The van der Waals surface area contributed by atoms with Gasteiger partial charge in [0.05, 0.1) is 11.8 Å². The molecule has 0 spiro atoms. The molecule has 0 radical (unpaired) electrons. The number of hydrogen-bond acceptors (Lipinski definition) is 4. The highest BCUT2D eigenvalue weighted by atomic mass is 16.2. The molecule has 1 aliphatic heterocycles. The zero-order valence-electron chi connectivity index (χ0n) is 17.1. The van der Waals surface area contributed by atoms with Gasteiger partial charge in [0, 0.05) is 36.9 Å². The molecule has 6 heteroatoms. The van der Waals surface area contributed by atoms with Crippen LogP contribution in [0.4, 0.5) is 11.4 Å². The molecule has 1 saturated carbocycles. The number of benzene rings is 1. The highest BCUT2D eigenvalue weighted by molar-refractivity contribution is 6.05. The number of carbonyl (C=O) groups is 3. The van der Waals surface area contributed by atoms with Gasteiger partial charge in [-0.25, -0.2) is 0 Å². The molecule has 1 aliphatic carbocycles. The van der Waals surface area contributed by atoms with Gasteiger partial charge in [-0.1, -0.05) is 12.8 Å². The second kappa shape index (κ2) is 8.76. The smallest absolute Gasteiger partial charge is 0.233 e. The third-order valence-corrected chi connectivity index (χ3v) is 5.94. The Morgan fingerprint density at radius 2 is 1.68 bits per heavy atom. The summed E-state index contributed by atoms with van der Waals surface area (Å²) in [5.74, 6) is -0.654. The molecule has 0 aromatic heterocycles. The summed E-state index contributed by atoms with van der Waals surface area (Å²) in [7, 11) is 0. The van der Waals surface area contributed by atoms with Gasteiger partial charge in [0.2, 0.25) is 17.7 Å². The molecule has 2 atom stereocenters. The predicted molar refractivity (Wildman–Crippen MR) is 110 cm³/mol. The van der Waals surface area contributed by atoms with Gasteiger partial charge in [0.1, 0.15) is 0 Å². The Balaban J connectivity index is 1.53. The fourth-order valence-corrected chi connectivity index (χ4v) is 4.47. The van der Waals surface area contributed by atoms with Crippen LogP contribution in [-0.2, 0) is 14.4 Å². The molecule has 2 fully saturated rings. The van der Waals surface area contributed by atoms with Gasteiger partial charge in [0.15, 0.2) is 0 Å². The Labute approximate surface area is 167 Å². The minimum Gasteiger partial charge on any atom is -0.369 e. The summed E-state index contributed by atoms with van der Waals surface area (Å²) in [5, 5.41) is 2.86. The summed E-state index contributed by atoms with van der Waals surface area (Å²) >= 11 is 0. The summed E-state index contributed by atoms with van der Waals surface area (Å²) in [6.45, 7) is 7.51. The normalized spacial score (nSPS) is 21.8. The molecule has 3 rings (SSSR count). The molecular formula is C22H31N3O3. The number of rotatable bonds is 7. The van der Waals surface area contributed by atoms with E-state index in [4.69, 9.17) is 0 Å². The van der Waals surface area contributed by atoms with Crippen LogP contribution in [0.2, 0.25) is 0 Å². The van der Waals surface area contributed by atoms with Gasteiger partial charge < -0.3 is 10.2 Å². The monoisotopic (exact) mass is 385 g/mol. The zero-order chi connectivity index (χ0) is 20.3. The first-order valence-corrected chi connectivity index (χ1v) is 10.4. The van der Waals surface area contributed by atoms with Crippen LogP contribution in [0.15, 0.2) is 24.3 Å². The summed E-state index contributed by atoms with van der Waals surface area (Å²) in [6.07, 6.45) is 3.75. The van der Waals surface area contributed by atoms with E-state index in [0.717, 1.165) is 43.6 Å². The van der Waals surface area contributed by atoms with Gasteiger partial charge in [0.25, 0.3) is 0 Å². The van der Waals surface area contributed by atoms with Crippen LogP contribution in [0.5, 0.6) is 0 Å². The Bertz CT molecular complexity index is 705. The van der Waals surface area contributed by atoms with Crippen LogP contribution >= 0.6 is 0 Å². The summed E-state index contributed by atoms with van der Waals surface area (Å²) in [6, 6.07) is 8.18. The fraction of sp³-hybridized carbons (Fsp3) is 0.591. The fourth-order valence-electron chi connectivity index (χ4n) is 4.47. The molecule has 152 valence electrons. The maximum atomic E-state index is 12.5. The molecule has 6 nitrogen and oxygen atoms in total. The van der Waals surface area contributed by atoms with E-state index in [2.05, 4.69) is 31.0 Å². The molecule has 3 amide bonds. The molecule has 1 aromatic carbocycles. The Hall–Kier alpha value is -2.37. The number of fused-ring (bicyclic) bond motifs is 1. The summed E-state index contributed by atoms with van der Waals surface area (Å²) < 4.78 is 0. The van der Waals surface area contributed by atoms with Crippen molar-refractivity contribution in [3.05, 3.63) is 24.3 Å². The summed E-state index contributed by atoms with van der Waals surface area (Å²) in [4.78, 5) is 40.8. The molecule has 2 aliphatic rings. The number of nitrogens with zero attached hydrogens (tertiary/aromatic N) is 2. The minimum atomic E-state index is -0.181. The molecule has 0 unspecified atom stereocenters. The SMILES string of the molecule is CCN(c1ccc(NC(=O)CCN2C(=O)[C@H]3CCCC[C@@H]3C2=O)cc1)C(C)C. The topological polar surface area (TPSA) is 69.7 Å². The van der Waals surface area contributed by atoms with Crippen molar-refractivity contribution in [1.82, 2.24) is 4.90 Å². The Morgan fingerprint density at radius 1 is 1.11 bits per heavy atom. The van der Waals surface area contributed by atoms with Gasteiger partial charge in [-0.05, 0) is 57.9 Å². The van der Waals surface area contributed by atoms with Crippen molar-refractivity contribution in [2.24, 2.45) is 11.8 Å². The van der Waals surface area contributed by atoms with E-state index in [1.807, 2.05) is 24.3 Å². The first kappa shape index (κ1) is 20.4. The van der Waals surface area contributed by atoms with E-state index in [-0.39, 0.29) is 42.5 Å². The summed E-state index contributed by atoms with van der Waals surface area (Å²) in [5.41, 5.74) is 1.84. The molecule has 28 heavy (non-hydrogen) atoms. The van der Waals surface area contributed by atoms with E-state index in [1.165, 1.54) is 4.90 Å². The number of carbonyl (C=O) groups excluding carboxylic acids is 3. The highest BCUT2D eigenvalue weighted by Crippen LogP contribution is 2.38. The van der Waals surface area contributed by atoms with Crippen LogP contribution in [0, 0.1) is 11.8 Å². The molecule has 0 bridgehead atoms. The quantitative estimate of drug-likeness (QED) is 0.730. The Kier molecular flexibility index (Phi) is 6.37. The highest BCUT2D eigenvalue weighted by Gasteiger charge is 2.47. The van der Waals surface area contributed by atoms with Crippen molar-refractivity contribution >= 4 is 29.1 Å². The lowest BCUT2D eigenvalue weighted by molar-refractivity contribution is -0.140. The maximum absolute atomic E-state index is 12.5. The molecule has 1 heterocycles. The second-order valence-corrected chi connectivity index (χ2v) is 8.05. The van der Waals surface area contributed by atoms with Crippen LogP contribution in [0.1, 0.15) is 52.9 Å². The number of hydrogen-bond donors (Lipinski definition) is 1. The third-order valence-electron chi connectivity index (χ3n) is 5.94. The largest absolute Gasteiger partial charge is 0.369 e. The van der Waals surface area contributed by atoms with E-state index < -0.39 is 0 Å². The maximum Gasteiger partial charge on any atom is 0.233 e. The molecule has 1 aromatic rings. The second-order valence-electron chi connectivity index (χ2n) is 8.05. The number of likely N-dealkylation sites (tertiary alicyclic amines) is 1. The zero-order valence-corrected chi connectivity index (χ0v) is 17.1. The van der Waals surface area contributed by atoms with E-state index in [9.17, 15) is 14.4 Å². The van der Waals surface area contributed by atoms with Gasteiger partial charge in [-0.15, -0.1) is 0 Å². The number of anilines is 2. The lowest BCUT2D eigenvalue weighted by Crippen LogP contribution is -2.34. The van der Waals surface area contributed by atoms with E-state index in [1.54, 1.807) is 0 Å². The van der Waals surface area contributed by atoms with Gasteiger partial charge in [-0.3, -0.25) is 19.3 Å². The first-order valence-electron chi connectivity index (χ1n) is 10.4. The average Bonchev–Trinajstić information content (AvgIpc) is 2.92. The van der Waals surface area contributed by atoms with Crippen molar-refractivity contribution in [2.45, 2.75) is 58.9 Å². The van der Waals surface area contributed by atoms with Crippen LogP contribution in [0.25, 0.3) is 0 Å². The molecular weight excluding hydrogens is 354 g/mol. The van der Waals surface area contributed by atoms with Crippen molar-refractivity contribution in [3.8, 4) is 0 Å². The lowest BCUT2D eigenvalue weighted by atomic mass is 9.81. The first-order chi connectivity index (χ1) is 13.4. The predicted octanol–water partition coefficient (Wildman–Crippen LogP) is 3.43. The standard InChI is InChI=1S/C22H31N3O3/c1-4-24(15(2)3)17-11-9-16(10-12-17)23-20(26)13-14-25-21(27)18-7-5-6-8-19(18)22(25)28/h9-12,15,18-19H,4-8,13-14H2,1-3H3,(H,23,26)/t18-,19-/m0/s1. The van der Waals surface area contributed by atoms with Crippen molar-refractivity contribution in [2.75, 3.05) is 23.3 Å². The third kappa shape index (κ3) is 4.21. The van der Waals surface area contributed by atoms with E-state index >= 15 is 0 Å².